The van der Waals surface area contributed by atoms with Gasteiger partial charge in [0.1, 0.15) is 56.4 Å². The van der Waals surface area contributed by atoms with Crippen molar-refractivity contribution in [1.29, 1.82) is 0 Å². The molecular formula is C77H128N8O28PS2-. The van der Waals surface area contributed by atoms with Crippen LogP contribution in [0.3, 0.4) is 0 Å². The van der Waals surface area contributed by atoms with E-state index in [1.54, 1.807) is 32.6 Å². The Labute approximate surface area is 689 Å². The summed E-state index contributed by atoms with van der Waals surface area (Å²) < 4.78 is 77.2. The maximum absolute atomic E-state index is 14.4. The van der Waals surface area contributed by atoms with Gasteiger partial charge in [0, 0.05) is 165 Å². The molecule has 0 radical (unpaired) electrons. The minimum absolute atomic E-state index is 0.0934. The maximum atomic E-state index is 14.4. The molecule has 36 nitrogen and oxygen atoms in total. The van der Waals surface area contributed by atoms with Gasteiger partial charge in [-0.15, -0.1) is 0 Å². The monoisotopic (exact) mass is 1710 g/mol. The van der Waals surface area contributed by atoms with E-state index in [0.717, 1.165) is 0 Å². The van der Waals surface area contributed by atoms with Crippen molar-refractivity contribution in [2.24, 2.45) is 17.8 Å². The molecule has 16 atom stereocenters. The van der Waals surface area contributed by atoms with Gasteiger partial charge in [-0.05, 0) is 64.2 Å². The van der Waals surface area contributed by atoms with Crippen molar-refractivity contribution in [3.05, 3.63) is 0 Å². The van der Waals surface area contributed by atoms with Gasteiger partial charge in [0.25, 0.3) is 5.91 Å². The summed E-state index contributed by atoms with van der Waals surface area (Å²) in [5.41, 5.74) is 0. The summed E-state index contributed by atoms with van der Waals surface area (Å²) in [7, 11) is 2.12. The Morgan fingerprint density at radius 2 is 0.750 bits per heavy atom. The van der Waals surface area contributed by atoms with Crippen LogP contribution >= 0.6 is 8.02 Å². The van der Waals surface area contributed by atoms with Crippen LogP contribution in [0.4, 0.5) is 0 Å². The Kier molecular flexibility index (Phi) is 50.5. The van der Waals surface area contributed by atoms with Crippen molar-refractivity contribution in [2.45, 2.75) is 305 Å². The SMILES string of the molecule is CCC(OC(=O)CCC(=O)N[S-](=P)=S)C(=O)N(CCCNC(=O)CCCCCCO[C@@H]1OC(COC(C)=O)[C@H](OC(C)=O)[C@H](C)C1NC(C)=O)CCCN(CCCNC(=O)CCCCCCO[C@@H]1OC(COC(C)=O)[C@H](OC(C)=O)[C@H](C)C1NC(C)=O)C(=O)CCCCCCO[C@@H]1OC(COC(C)=O)[C@H](OC(C)=O)[C@H](C)C1NC(C)=O. The van der Waals surface area contributed by atoms with Crippen molar-refractivity contribution >= 4 is 117 Å². The predicted octanol–water partition coefficient (Wildman–Crippen LogP) is 4.30. The molecule has 39 heteroatoms. The summed E-state index contributed by atoms with van der Waals surface area (Å²) >= 11 is 4.98. The minimum atomic E-state index is -1.23. The number of rotatable bonds is 55. The van der Waals surface area contributed by atoms with E-state index in [1.165, 1.54) is 67.2 Å². The number of ether oxygens (including phenoxy) is 13. The van der Waals surface area contributed by atoms with Gasteiger partial charge in [-0.1, -0.05) is 66.2 Å². The zero-order valence-electron chi connectivity index (χ0n) is 69.7. The van der Waals surface area contributed by atoms with E-state index in [9.17, 15) is 71.9 Å². The molecule has 8 amide bonds. The summed E-state index contributed by atoms with van der Waals surface area (Å²) in [4.78, 5) is 192. The van der Waals surface area contributed by atoms with E-state index in [2.05, 4.69) is 39.3 Å². The molecule has 3 heterocycles. The lowest BCUT2D eigenvalue weighted by molar-refractivity contribution is -0.262. The third-order valence-corrected chi connectivity index (χ3v) is 20.3. The van der Waals surface area contributed by atoms with Crippen LogP contribution in [0.2, 0.25) is 0 Å². The Bertz CT molecular complexity index is 3240. The number of carbonyl (C=O) groups excluding carboxylic acids is 15. The largest absolute Gasteiger partial charge is 0.463 e. The lowest BCUT2D eigenvalue weighted by atomic mass is 9.88. The van der Waals surface area contributed by atoms with Crippen molar-refractivity contribution in [2.75, 3.05) is 78.9 Å². The summed E-state index contributed by atoms with van der Waals surface area (Å²) in [5.74, 6) is -8.28. The normalized spacial score (nSPS) is 23.2. The van der Waals surface area contributed by atoms with Crippen molar-refractivity contribution in [3.63, 3.8) is 0 Å². The molecule has 0 bridgehead atoms. The average molecular weight is 1710 g/mol. The number of esters is 7. The van der Waals surface area contributed by atoms with Gasteiger partial charge in [-0.25, -0.2) is 11.2 Å². The first-order valence-corrected chi connectivity index (χ1v) is 43.7. The smallest absolute Gasteiger partial charge is 0.307 e. The number of carbonyl (C=O) groups is 15. The summed E-state index contributed by atoms with van der Waals surface area (Å²) in [6.07, 6.45) is -0.924. The van der Waals surface area contributed by atoms with Crippen molar-refractivity contribution in [1.82, 2.24) is 41.1 Å². The van der Waals surface area contributed by atoms with Crippen LogP contribution in [0, 0.1) is 17.8 Å². The molecule has 3 aliphatic heterocycles. The molecule has 3 saturated heterocycles. The molecule has 0 saturated carbocycles. The number of hydrogen-bond acceptors (Lipinski definition) is 30. The molecule has 6 N–H and O–H groups in total. The summed E-state index contributed by atoms with van der Waals surface area (Å²) in [6.45, 7) is 19.6. The van der Waals surface area contributed by atoms with E-state index >= 15 is 0 Å². The zero-order valence-corrected chi connectivity index (χ0v) is 72.3. The molecule has 0 spiro atoms. The van der Waals surface area contributed by atoms with Gasteiger partial charge in [0.15, 0.2) is 25.0 Å². The maximum Gasteiger partial charge on any atom is 0.307 e. The first kappa shape index (κ1) is 103. The molecule has 3 rings (SSSR count). The lowest BCUT2D eigenvalue weighted by Gasteiger charge is -2.44. The van der Waals surface area contributed by atoms with E-state index in [1.807, 2.05) is 0 Å². The summed E-state index contributed by atoms with van der Waals surface area (Å²) in [6, 6.07) is -2.10. The van der Waals surface area contributed by atoms with Gasteiger partial charge in [-0.2, -0.15) is 0 Å². The number of nitrogens with one attached hydrogen (secondary N) is 6. The van der Waals surface area contributed by atoms with Crippen LogP contribution in [-0.2, 0) is 154 Å². The van der Waals surface area contributed by atoms with Crippen LogP contribution in [-0.4, -0.2) is 257 Å². The molecule has 116 heavy (non-hydrogen) atoms. The third kappa shape index (κ3) is 41.9. The predicted molar refractivity (Wildman–Crippen MR) is 424 cm³/mol. The van der Waals surface area contributed by atoms with Gasteiger partial charge in [-0.3, -0.25) is 88.8 Å². The Morgan fingerprint density at radius 3 is 1.09 bits per heavy atom. The Balaban J connectivity index is 1.70. The number of unbranched alkanes of at least 4 members (excludes halogenated alkanes) is 9. The van der Waals surface area contributed by atoms with Crippen LogP contribution in [0.1, 0.15) is 225 Å². The van der Waals surface area contributed by atoms with Gasteiger partial charge >= 0.3 is 41.8 Å². The molecule has 3 fully saturated rings. The lowest BCUT2D eigenvalue weighted by Crippen LogP contribution is -2.62. The third-order valence-electron chi connectivity index (χ3n) is 19.3. The van der Waals surface area contributed by atoms with Crippen LogP contribution in [0.5, 0.6) is 0 Å². The first-order chi connectivity index (χ1) is 55.0. The molecule has 3 aliphatic rings. The summed E-state index contributed by atoms with van der Waals surface area (Å²) in [5, 5.41) is 14.4. The van der Waals surface area contributed by atoms with E-state index in [-0.39, 0.29) is 159 Å². The second-order valence-corrected chi connectivity index (χ2v) is 33.1. The van der Waals surface area contributed by atoms with Crippen LogP contribution in [0.15, 0.2) is 0 Å². The zero-order chi connectivity index (χ0) is 86.4. The van der Waals surface area contributed by atoms with Crippen molar-refractivity contribution < 1.29 is 133 Å². The van der Waals surface area contributed by atoms with Gasteiger partial charge in [0.2, 0.25) is 41.4 Å². The highest BCUT2D eigenvalue weighted by Crippen LogP contribution is 2.33. The molecule has 0 aromatic rings. The fourth-order valence-electron chi connectivity index (χ4n) is 13.6. The Morgan fingerprint density at radius 1 is 0.414 bits per heavy atom. The van der Waals surface area contributed by atoms with E-state index in [0.29, 0.717) is 89.9 Å². The van der Waals surface area contributed by atoms with Crippen LogP contribution in [0.25, 0.3) is 0 Å². The highest BCUT2D eigenvalue weighted by molar-refractivity contribution is 8.38. The topological polar surface area (TPSA) is 455 Å². The highest BCUT2D eigenvalue weighted by atomic mass is 32.9. The standard InChI is InChI=1S/C77H128N8O28PS2/c1-14-59(110-67(99)34-33-65(97)83-116(114)115)74(100)85(38-28-36-79-64(96)31-22-16-19-25-42-102-76-69(81-51(6)87)48(3)72(108-57(12)93)61(112-76)45-105-54(9)90)40-29-39-84(66(98)32-23-17-20-26-43-103-77-70(82-52(7)88)49(4)73(109-58(13)94)62(113-77)46-106-55(10)91)37-27-35-78-63(95)30-21-15-18-24-41-101-75-68(80-50(5)86)47(2)71(107-56(11)92)60(111-75)44-104-53(8)89/h47-49,59-62,68-73,75-77,114H,14-46H2,1-13H3,(H,78,95)(H,79,96)(H,80,86)(H,81,87)(H,82,88)(H,83,97,115)/q-1/t47-,48-,49-,59?,60?,61?,62?,68?,69?,70?,71-,72-,73-,75-,76-,77-/m1/s1. The Hall–Kier alpha value is -7.32. The molecular weight excluding hydrogens is 1580 g/mol. The van der Waals surface area contributed by atoms with Gasteiger partial charge < -0.3 is 103 Å². The first-order valence-electron chi connectivity index (χ1n) is 40.3. The van der Waals surface area contributed by atoms with Gasteiger partial charge in [0.05, 0.1) is 24.5 Å². The van der Waals surface area contributed by atoms with Crippen molar-refractivity contribution in [3.8, 4) is 0 Å². The number of nitrogens with zero attached hydrogens (tertiary/aromatic N) is 2. The molecule has 0 aliphatic carbocycles. The molecule has 7 unspecified atom stereocenters. The fraction of sp³-hybridized carbons (Fsp3) is 0.805. The minimum Gasteiger partial charge on any atom is -0.463 e. The average Bonchev–Trinajstić information content (AvgIpc) is 0.807. The fourth-order valence-corrected chi connectivity index (χ4v) is 14.5. The number of hydrogen-bond donors (Lipinski definition) is 6. The number of amides is 8. The molecule has 0 aromatic heterocycles. The second kappa shape index (κ2) is 57.0. The van der Waals surface area contributed by atoms with Crippen LogP contribution < -0.4 is 31.3 Å². The molecule has 0 aromatic carbocycles. The van der Waals surface area contributed by atoms with E-state index in [4.69, 9.17) is 72.8 Å². The second-order valence-electron chi connectivity index (χ2n) is 29.3. The molecule has 662 valence electrons. The highest BCUT2D eigenvalue weighted by Gasteiger charge is 2.50. The van der Waals surface area contributed by atoms with E-state index < -0.39 is 160 Å². The quantitative estimate of drug-likeness (QED) is 0.0162.